The van der Waals surface area contributed by atoms with Crippen LogP contribution in [0.1, 0.15) is 23.4 Å². The Morgan fingerprint density at radius 2 is 1.88 bits per heavy atom. The predicted octanol–water partition coefficient (Wildman–Crippen LogP) is 2.33. The molecule has 0 bridgehead atoms. The van der Waals surface area contributed by atoms with E-state index in [0.29, 0.717) is 37.1 Å². The zero-order valence-corrected chi connectivity index (χ0v) is 14.0. The van der Waals surface area contributed by atoms with Gasteiger partial charge >= 0.3 is 0 Å². The number of nitrogens with one attached hydrogen (secondary N) is 1. The Morgan fingerprint density at radius 3 is 2.56 bits per heavy atom. The number of carbonyl (C=O) groups is 2. The highest BCUT2D eigenvalue weighted by Gasteiger charge is 2.23. The Balaban J connectivity index is 1.36. The molecule has 0 atom stereocenters. The lowest BCUT2D eigenvalue weighted by atomic mass is 9.96. The summed E-state index contributed by atoms with van der Waals surface area (Å²) in [6.45, 7) is 2.04. The number of likely N-dealkylation sites (tertiary alicyclic amines) is 1. The summed E-state index contributed by atoms with van der Waals surface area (Å²) in [6, 6.07) is 12.7. The van der Waals surface area contributed by atoms with E-state index in [1.165, 1.54) is 6.26 Å². The molecule has 0 aliphatic carbocycles. The van der Waals surface area contributed by atoms with Gasteiger partial charge in [0, 0.05) is 19.6 Å². The number of carbonyl (C=O) groups excluding carboxylic acids is 2. The Labute approximate surface area is 146 Å². The summed E-state index contributed by atoms with van der Waals surface area (Å²) < 4.78 is 10.6. The van der Waals surface area contributed by atoms with Crippen LogP contribution in [0.25, 0.3) is 0 Å². The molecule has 1 saturated heterocycles. The molecule has 1 aliphatic heterocycles. The van der Waals surface area contributed by atoms with Gasteiger partial charge in [0.25, 0.3) is 11.8 Å². The number of hydrogen-bond acceptors (Lipinski definition) is 4. The number of para-hydroxylation sites is 1. The highest BCUT2D eigenvalue weighted by atomic mass is 16.5. The lowest BCUT2D eigenvalue weighted by Crippen LogP contribution is -2.43. The van der Waals surface area contributed by atoms with E-state index in [1.54, 1.807) is 12.1 Å². The van der Waals surface area contributed by atoms with Gasteiger partial charge in [0.05, 0.1) is 6.26 Å². The fourth-order valence-corrected chi connectivity index (χ4v) is 2.87. The van der Waals surface area contributed by atoms with Gasteiger partial charge in [-0.1, -0.05) is 18.2 Å². The van der Waals surface area contributed by atoms with Crippen molar-refractivity contribution in [1.29, 1.82) is 0 Å². The van der Waals surface area contributed by atoms with Crippen LogP contribution in [0.15, 0.2) is 53.1 Å². The third-order valence-corrected chi connectivity index (χ3v) is 4.37. The summed E-state index contributed by atoms with van der Waals surface area (Å²) in [7, 11) is 0. The molecule has 0 spiro atoms. The van der Waals surface area contributed by atoms with Crippen LogP contribution in [0.4, 0.5) is 0 Å². The Kier molecular flexibility index (Phi) is 5.72. The van der Waals surface area contributed by atoms with Gasteiger partial charge in [0.15, 0.2) is 12.4 Å². The molecule has 132 valence electrons. The first-order valence-corrected chi connectivity index (χ1v) is 8.49. The maximum absolute atomic E-state index is 12.2. The van der Waals surface area contributed by atoms with E-state index in [0.717, 1.165) is 12.8 Å². The number of hydrogen-bond donors (Lipinski definition) is 1. The maximum atomic E-state index is 12.2. The molecule has 0 radical (unpaired) electrons. The van der Waals surface area contributed by atoms with Crippen molar-refractivity contribution in [3.63, 3.8) is 0 Å². The molecule has 2 amide bonds. The van der Waals surface area contributed by atoms with Crippen LogP contribution in [0, 0.1) is 5.92 Å². The summed E-state index contributed by atoms with van der Waals surface area (Å²) in [6.07, 6.45) is 3.22. The standard InChI is InChI=1S/C19H22N2O4/c22-18(14-25-16-5-2-1-3-6-16)21-10-8-15(9-11-21)13-20-19(23)17-7-4-12-24-17/h1-7,12,15H,8-11,13-14H2,(H,20,23). The molecular formula is C19H22N2O4. The molecule has 6 heteroatoms. The summed E-state index contributed by atoms with van der Waals surface area (Å²) in [5.41, 5.74) is 0. The van der Waals surface area contributed by atoms with Crippen LogP contribution in [-0.4, -0.2) is 43.0 Å². The van der Waals surface area contributed by atoms with E-state index >= 15 is 0 Å². The van der Waals surface area contributed by atoms with Crippen molar-refractivity contribution in [2.75, 3.05) is 26.2 Å². The van der Waals surface area contributed by atoms with Crippen LogP contribution in [0.2, 0.25) is 0 Å². The van der Waals surface area contributed by atoms with Gasteiger partial charge in [0.2, 0.25) is 0 Å². The SMILES string of the molecule is O=C(NCC1CCN(C(=O)COc2ccccc2)CC1)c1ccco1. The van der Waals surface area contributed by atoms with Crippen LogP contribution < -0.4 is 10.1 Å². The summed E-state index contributed by atoms with van der Waals surface area (Å²) in [5.74, 6) is 1.21. The number of amides is 2. The first-order chi connectivity index (χ1) is 12.2. The molecule has 1 fully saturated rings. The fourth-order valence-electron chi connectivity index (χ4n) is 2.87. The Bertz CT molecular complexity index is 677. The molecule has 1 aromatic carbocycles. The van der Waals surface area contributed by atoms with E-state index in [4.69, 9.17) is 9.15 Å². The number of rotatable bonds is 6. The van der Waals surface area contributed by atoms with Gasteiger partial charge in [-0.15, -0.1) is 0 Å². The molecule has 1 N–H and O–H groups in total. The van der Waals surface area contributed by atoms with E-state index in [1.807, 2.05) is 35.2 Å². The fraction of sp³-hybridized carbons (Fsp3) is 0.368. The molecule has 3 rings (SSSR count). The van der Waals surface area contributed by atoms with Gasteiger partial charge in [0.1, 0.15) is 5.75 Å². The third-order valence-electron chi connectivity index (χ3n) is 4.37. The minimum atomic E-state index is -0.195. The van der Waals surface area contributed by atoms with E-state index in [2.05, 4.69) is 5.32 Å². The van der Waals surface area contributed by atoms with Gasteiger partial charge in [-0.3, -0.25) is 9.59 Å². The maximum Gasteiger partial charge on any atom is 0.286 e. The number of furan rings is 1. The van der Waals surface area contributed by atoms with E-state index < -0.39 is 0 Å². The lowest BCUT2D eigenvalue weighted by molar-refractivity contribution is -0.134. The second kappa shape index (κ2) is 8.37. The molecule has 2 aromatic rings. The van der Waals surface area contributed by atoms with Crippen LogP contribution in [0.5, 0.6) is 5.75 Å². The van der Waals surface area contributed by atoms with Crippen LogP contribution >= 0.6 is 0 Å². The lowest BCUT2D eigenvalue weighted by Gasteiger charge is -2.32. The molecule has 25 heavy (non-hydrogen) atoms. The summed E-state index contributed by atoms with van der Waals surface area (Å²) in [5, 5.41) is 2.88. The normalized spacial score (nSPS) is 15.0. The first kappa shape index (κ1) is 17.1. The Morgan fingerprint density at radius 1 is 1.12 bits per heavy atom. The predicted molar refractivity (Wildman–Crippen MR) is 92.3 cm³/mol. The van der Waals surface area contributed by atoms with Crippen LogP contribution in [-0.2, 0) is 4.79 Å². The number of ether oxygens (including phenoxy) is 1. The minimum absolute atomic E-state index is 0.00178. The quantitative estimate of drug-likeness (QED) is 0.874. The number of piperidine rings is 1. The first-order valence-electron chi connectivity index (χ1n) is 8.49. The highest BCUT2D eigenvalue weighted by molar-refractivity contribution is 5.91. The van der Waals surface area contributed by atoms with Gasteiger partial charge < -0.3 is 19.4 Å². The van der Waals surface area contributed by atoms with Crippen molar-refractivity contribution in [2.24, 2.45) is 5.92 Å². The molecule has 1 aromatic heterocycles. The number of benzene rings is 1. The van der Waals surface area contributed by atoms with Gasteiger partial charge in [-0.2, -0.15) is 0 Å². The topological polar surface area (TPSA) is 71.8 Å². The van der Waals surface area contributed by atoms with Crippen molar-refractivity contribution in [2.45, 2.75) is 12.8 Å². The second-order valence-corrected chi connectivity index (χ2v) is 6.11. The zero-order chi connectivity index (χ0) is 17.5. The molecule has 0 unspecified atom stereocenters. The van der Waals surface area contributed by atoms with Gasteiger partial charge in [-0.25, -0.2) is 0 Å². The molecule has 1 aliphatic rings. The summed E-state index contributed by atoms with van der Waals surface area (Å²) in [4.78, 5) is 25.9. The average Bonchev–Trinajstić information content (AvgIpc) is 3.20. The van der Waals surface area contributed by atoms with E-state index in [9.17, 15) is 9.59 Å². The highest BCUT2D eigenvalue weighted by Crippen LogP contribution is 2.17. The molecule has 0 saturated carbocycles. The molecule has 2 heterocycles. The van der Waals surface area contributed by atoms with Crippen molar-refractivity contribution < 1.29 is 18.7 Å². The monoisotopic (exact) mass is 342 g/mol. The molecule has 6 nitrogen and oxygen atoms in total. The van der Waals surface area contributed by atoms with Crippen molar-refractivity contribution in [3.8, 4) is 5.75 Å². The van der Waals surface area contributed by atoms with Crippen LogP contribution in [0.3, 0.4) is 0 Å². The van der Waals surface area contributed by atoms with Crippen molar-refractivity contribution >= 4 is 11.8 Å². The zero-order valence-electron chi connectivity index (χ0n) is 14.0. The molecular weight excluding hydrogens is 320 g/mol. The Hall–Kier alpha value is -2.76. The third kappa shape index (κ3) is 4.86. The number of nitrogens with zero attached hydrogens (tertiary/aromatic N) is 1. The van der Waals surface area contributed by atoms with Crippen molar-refractivity contribution in [3.05, 3.63) is 54.5 Å². The smallest absolute Gasteiger partial charge is 0.286 e. The average molecular weight is 342 g/mol. The van der Waals surface area contributed by atoms with E-state index in [-0.39, 0.29) is 18.4 Å². The largest absolute Gasteiger partial charge is 0.484 e. The second-order valence-electron chi connectivity index (χ2n) is 6.11. The van der Waals surface area contributed by atoms with Crippen molar-refractivity contribution in [1.82, 2.24) is 10.2 Å². The summed E-state index contributed by atoms with van der Waals surface area (Å²) >= 11 is 0. The minimum Gasteiger partial charge on any atom is -0.484 e. The van der Waals surface area contributed by atoms with Gasteiger partial charge in [-0.05, 0) is 43.0 Å².